The van der Waals surface area contributed by atoms with Gasteiger partial charge in [-0.15, -0.1) is 0 Å². The predicted molar refractivity (Wildman–Crippen MR) is 103 cm³/mol. The minimum Gasteiger partial charge on any atom is -0.378 e. The van der Waals surface area contributed by atoms with Crippen molar-refractivity contribution in [3.05, 3.63) is 65.9 Å². The molecule has 0 saturated heterocycles. The Hall–Kier alpha value is -3.19. The van der Waals surface area contributed by atoms with Crippen LogP contribution in [0.1, 0.15) is 11.1 Å². The molecule has 3 rings (SSSR count). The summed E-state index contributed by atoms with van der Waals surface area (Å²) in [5.74, 6) is 6.03. The van der Waals surface area contributed by atoms with Crippen molar-refractivity contribution >= 4 is 22.5 Å². The van der Waals surface area contributed by atoms with Crippen LogP contribution < -0.4 is 10.2 Å². The minimum atomic E-state index is -0.0259. The molecule has 0 unspecified atom stereocenters. The van der Waals surface area contributed by atoms with Gasteiger partial charge in [-0.2, -0.15) is 0 Å². The number of aromatic amines is 1. The summed E-state index contributed by atoms with van der Waals surface area (Å²) in [5.41, 5.74) is 4.13. The van der Waals surface area contributed by atoms with Gasteiger partial charge in [0.25, 0.3) is 0 Å². The Bertz CT molecular complexity index is 927. The average Bonchev–Trinajstić information content (AvgIpc) is 3.02. The molecule has 0 aliphatic rings. The second-order valence-electron chi connectivity index (χ2n) is 6.06. The van der Waals surface area contributed by atoms with Gasteiger partial charge in [-0.3, -0.25) is 4.79 Å². The van der Waals surface area contributed by atoms with Crippen molar-refractivity contribution in [2.24, 2.45) is 0 Å². The number of rotatable bonds is 4. The SMILES string of the molecule is CN(C)c1ccc(C#CCNC(=O)Cc2c[nH]c3ccccc23)cc1. The minimum absolute atomic E-state index is 0.0259. The molecule has 3 aromatic rings. The van der Waals surface area contributed by atoms with Gasteiger partial charge in [-0.1, -0.05) is 30.0 Å². The van der Waals surface area contributed by atoms with E-state index >= 15 is 0 Å². The summed E-state index contributed by atoms with van der Waals surface area (Å²) in [4.78, 5) is 17.3. The van der Waals surface area contributed by atoms with Crippen LogP contribution in [0.15, 0.2) is 54.7 Å². The fraction of sp³-hybridized carbons (Fsp3) is 0.190. The number of nitrogens with one attached hydrogen (secondary N) is 2. The number of amides is 1. The number of carbonyl (C=O) groups excluding carboxylic acids is 1. The first-order chi connectivity index (χ1) is 12.1. The molecule has 4 nitrogen and oxygen atoms in total. The van der Waals surface area contributed by atoms with Crippen LogP contribution in [0.4, 0.5) is 5.69 Å². The number of hydrogen-bond acceptors (Lipinski definition) is 2. The topological polar surface area (TPSA) is 48.1 Å². The molecule has 1 aromatic heterocycles. The highest BCUT2D eigenvalue weighted by molar-refractivity contribution is 5.88. The van der Waals surface area contributed by atoms with Crippen molar-refractivity contribution in [2.45, 2.75) is 6.42 Å². The number of nitrogens with zero attached hydrogens (tertiary/aromatic N) is 1. The summed E-state index contributed by atoms with van der Waals surface area (Å²) in [7, 11) is 4.01. The Morgan fingerprint density at radius 2 is 1.88 bits per heavy atom. The molecule has 0 spiro atoms. The van der Waals surface area contributed by atoms with Gasteiger partial charge >= 0.3 is 0 Å². The lowest BCUT2D eigenvalue weighted by Crippen LogP contribution is -2.25. The Kier molecular flexibility index (Phi) is 5.06. The van der Waals surface area contributed by atoms with E-state index in [1.807, 2.05) is 73.7 Å². The van der Waals surface area contributed by atoms with Crippen LogP contribution in [-0.4, -0.2) is 31.5 Å². The summed E-state index contributed by atoms with van der Waals surface area (Å²) in [6.07, 6.45) is 2.24. The van der Waals surface area contributed by atoms with Gasteiger partial charge in [0.05, 0.1) is 13.0 Å². The number of para-hydroxylation sites is 1. The monoisotopic (exact) mass is 331 g/mol. The Morgan fingerprint density at radius 3 is 2.64 bits per heavy atom. The van der Waals surface area contributed by atoms with E-state index in [9.17, 15) is 4.79 Å². The first-order valence-electron chi connectivity index (χ1n) is 8.21. The lowest BCUT2D eigenvalue weighted by Gasteiger charge is -2.11. The first-order valence-corrected chi connectivity index (χ1v) is 8.21. The van der Waals surface area contributed by atoms with E-state index in [1.54, 1.807) is 0 Å². The highest BCUT2D eigenvalue weighted by Crippen LogP contribution is 2.17. The molecule has 4 heteroatoms. The molecule has 25 heavy (non-hydrogen) atoms. The molecule has 1 heterocycles. The summed E-state index contributed by atoms with van der Waals surface area (Å²) >= 11 is 0. The zero-order valence-electron chi connectivity index (χ0n) is 14.5. The zero-order chi connectivity index (χ0) is 17.6. The van der Waals surface area contributed by atoms with E-state index in [-0.39, 0.29) is 5.91 Å². The summed E-state index contributed by atoms with van der Waals surface area (Å²) in [5, 5.41) is 3.94. The van der Waals surface area contributed by atoms with Crippen LogP contribution in [0.5, 0.6) is 0 Å². The van der Waals surface area contributed by atoms with Crippen molar-refractivity contribution in [1.82, 2.24) is 10.3 Å². The lowest BCUT2D eigenvalue weighted by molar-refractivity contribution is -0.120. The third-order valence-corrected chi connectivity index (χ3v) is 4.02. The Morgan fingerprint density at radius 1 is 1.12 bits per heavy atom. The van der Waals surface area contributed by atoms with Gasteiger partial charge in [0, 0.05) is 42.4 Å². The summed E-state index contributed by atoms with van der Waals surface area (Å²) in [6, 6.07) is 16.0. The van der Waals surface area contributed by atoms with Crippen molar-refractivity contribution in [3.63, 3.8) is 0 Å². The molecule has 0 fully saturated rings. The molecule has 0 bridgehead atoms. The van der Waals surface area contributed by atoms with Crippen molar-refractivity contribution in [3.8, 4) is 11.8 Å². The van der Waals surface area contributed by atoms with Crippen molar-refractivity contribution < 1.29 is 4.79 Å². The fourth-order valence-electron chi connectivity index (χ4n) is 2.65. The van der Waals surface area contributed by atoms with Crippen LogP contribution in [0.3, 0.4) is 0 Å². The largest absolute Gasteiger partial charge is 0.378 e. The number of H-pyrrole nitrogens is 1. The third kappa shape index (κ3) is 4.21. The van der Waals surface area contributed by atoms with Crippen LogP contribution in [-0.2, 0) is 11.2 Å². The number of aromatic nitrogens is 1. The van der Waals surface area contributed by atoms with Gasteiger partial charge in [-0.25, -0.2) is 0 Å². The highest BCUT2D eigenvalue weighted by Gasteiger charge is 2.07. The summed E-state index contributed by atoms with van der Waals surface area (Å²) < 4.78 is 0. The molecule has 0 aliphatic heterocycles. The maximum absolute atomic E-state index is 12.1. The second kappa shape index (κ2) is 7.59. The molecule has 0 atom stereocenters. The number of fused-ring (bicyclic) bond motifs is 1. The number of benzene rings is 2. The summed E-state index contributed by atoms with van der Waals surface area (Å²) in [6.45, 7) is 0.344. The first kappa shape index (κ1) is 16.7. The molecule has 0 aliphatic carbocycles. The van der Waals surface area contributed by atoms with Crippen molar-refractivity contribution in [1.29, 1.82) is 0 Å². The Labute approximate surface area is 147 Å². The quantitative estimate of drug-likeness (QED) is 0.722. The van der Waals surface area contributed by atoms with Gasteiger partial charge in [0.15, 0.2) is 0 Å². The molecular formula is C21H21N3O. The molecule has 126 valence electrons. The Balaban J connectivity index is 1.53. The van der Waals surface area contributed by atoms with E-state index in [4.69, 9.17) is 0 Å². The number of anilines is 1. The normalized spacial score (nSPS) is 10.2. The van der Waals surface area contributed by atoms with E-state index in [0.29, 0.717) is 13.0 Å². The van der Waals surface area contributed by atoms with Gasteiger partial charge in [-0.05, 0) is 35.9 Å². The maximum Gasteiger partial charge on any atom is 0.225 e. The highest BCUT2D eigenvalue weighted by atomic mass is 16.1. The second-order valence-corrected chi connectivity index (χ2v) is 6.06. The zero-order valence-corrected chi connectivity index (χ0v) is 14.5. The van der Waals surface area contributed by atoms with E-state index in [1.165, 1.54) is 0 Å². The van der Waals surface area contributed by atoms with Gasteiger partial charge in [0.2, 0.25) is 5.91 Å². The molecule has 1 amide bonds. The maximum atomic E-state index is 12.1. The standard InChI is InChI=1S/C21H21N3O/c1-24(2)18-11-9-16(10-12-18)6-5-13-22-21(25)14-17-15-23-20-8-4-3-7-19(17)20/h3-4,7-12,15,23H,13-14H2,1-2H3,(H,22,25). The molecule has 0 saturated carbocycles. The van der Waals surface area contributed by atoms with Crippen LogP contribution in [0, 0.1) is 11.8 Å². The molecular weight excluding hydrogens is 310 g/mol. The third-order valence-electron chi connectivity index (χ3n) is 4.02. The average molecular weight is 331 g/mol. The lowest BCUT2D eigenvalue weighted by atomic mass is 10.1. The molecule has 2 aromatic carbocycles. The van der Waals surface area contributed by atoms with Crippen LogP contribution in [0.2, 0.25) is 0 Å². The van der Waals surface area contributed by atoms with Crippen molar-refractivity contribution in [2.75, 3.05) is 25.5 Å². The van der Waals surface area contributed by atoms with Gasteiger partial charge < -0.3 is 15.2 Å². The van der Waals surface area contributed by atoms with Gasteiger partial charge in [0.1, 0.15) is 0 Å². The van der Waals surface area contributed by atoms with E-state index in [2.05, 4.69) is 22.1 Å². The number of hydrogen-bond donors (Lipinski definition) is 2. The van der Waals surface area contributed by atoms with E-state index < -0.39 is 0 Å². The van der Waals surface area contributed by atoms with Crippen LogP contribution in [0.25, 0.3) is 10.9 Å². The smallest absolute Gasteiger partial charge is 0.225 e. The van der Waals surface area contributed by atoms with E-state index in [0.717, 1.165) is 27.7 Å². The number of carbonyl (C=O) groups is 1. The predicted octanol–water partition coefficient (Wildman–Crippen LogP) is 2.94. The fourth-order valence-corrected chi connectivity index (χ4v) is 2.65. The molecule has 2 N–H and O–H groups in total. The molecule has 0 radical (unpaired) electrons. The van der Waals surface area contributed by atoms with Crippen LogP contribution >= 0.6 is 0 Å².